The predicted octanol–water partition coefficient (Wildman–Crippen LogP) is 2.07. The minimum atomic E-state index is -0.845. The summed E-state index contributed by atoms with van der Waals surface area (Å²) in [6.45, 7) is 2.44. The van der Waals surface area contributed by atoms with E-state index in [-0.39, 0.29) is 18.4 Å². The molecule has 0 aliphatic carbocycles. The van der Waals surface area contributed by atoms with Crippen molar-refractivity contribution in [3.8, 4) is 0 Å². The lowest BCUT2D eigenvalue weighted by atomic mass is 9.97. The van der Waals surface area contributed by atoms with Gasteiger partial charge in [-0.3, -0.25) is 9.59 Å². The van der Waals surface area contributed by atoms with Crippen LogP contribution in [-0.4, -0.2) is 67.6 Å². The third-order valence-electron chi connectivity index (χ3n) is 5.63. The highest BCUT2D eigenvalue weighted by Crippen LogP contribution is 2.31. The molecule has 0 aromatic heterocycles. The molecule has 29 heavy (non-hydrogen) atoms. The summed E-state index contributed by atoms with van der Waals surface area (Å²) in [5.41, 5.74) is 1.69. The molecule has 2 atom stereocenters. The second kappa shape index (κ2) is 8.21. The molecule has 2 aliphatic rings. The smallest absolute Gasteiger partial charge is 0.254 e. The van der Waals surface area contributed by atoms with Gasteiger partial charge in [0.15, 0.2) is 6.10 Å². The number of rotatable bonds is 3. The lowest BCUT2D eigenvalue weighted by molar-refractivity contribution is -0.167. The zero-order valence-electron chi connectivity index (χ0n) is 16.3. The van der Waals surface area contributed by atoms with Gasteiger partial charge in [-0.2, -0.15) is 0 Å². The molecule has 2 heterocycles. The first-order valence-corrected chi connectivity index (χ1v) is 9.76. The van der Waals surface area contributed by atoms with Gasteiger partial charge in [-0.1, -0.05) is 30.3 Å². The maximum atomic E-state index is 13.8. The Balaban J connectivity index is 1.50. The Morgan fingerprint density at radius 1 is 1.03 bits per heavy atom. The van der Waals surface area contributed by atoms with Gasteiger partial charge < -0.3 is 19.4 Å². The molecule has 2 fully saturated rings. The van der Waals surface area contributed by atoms with Crippen molar-refractivity contribution >= 4 is 17.5 Å². The normalized spacial score (nSPS) is 22.7. The molecule has 0 N–H and O–H groups in total. The number of carbonyl (C=O) groups is 2. The molecule has 0 radical (unpaired) electrons. The number of benzene rings is 2. The lowest BCUT2D eigenvalue weighted by Crippen LogP contribution is -2.57. The third-order valence-corrected chi connectivity index (χ3v) is 5.63. The molecule has 2 saturated heterocycles. The molecule has 0 saturated carbocycles. The van der Waals surface area contributed by atoms with Crippen LogP contribution >= 0.6 is 0 Å². The second-order valence-electron chi connectivity index (χ2n) is 7.38. The summed E-state index contributed by atoms with van der Waals surface area (Å²) in [5.74, 6) is -0.792. The standard InChI is InChI=1S/C22H24FN3O3/c1-24-19(27)15-29-21(20(24)16-6-5-7-17(23)14-16)22(28)26-12-10-25(11-13-26)18-8-3-2-4-9-18/h2-9,14,20-21H,10-13,15H2,1H3/t20-,21+/m1/s1. The second-order valence-corrected chi connectivity index (χ2v) is 7.38. The largest absolute Gasteiger partial charge is 0.368 e. The molecule has 2 amide bonds. The first-order valence-electron chi connectivity index (χ1n) is 9.76. The fourth-order valence-electron chi connectivity index (χ4n) is 4.01. The Bertz CT molecular complexity index is 884. The Kier molecular flexibility index (Phi) is 5.49. The van der Waals surface area contributed by atoms with Crippen LogP contribution in [0.1, 0.15) is 11.6 Å². The van der Waals surface area contributed by atoms with Crippen molar-refractivity contribution in [2.75, 3.05) is 44.7 Å². The zero-order valence-corrected chi connectivity index (χ0v) is 16.3. The van der Waals surface area contributed by atoms with Crippen molar-refractivity contribution in [1.82, 2.24) is 9.80 Å². The maximum Gasteiger partial charge on any atom is 0.254 e. The molecule has 4 rings (SSSR count). The SMILES string of the molecule is CN1C(=O)CO[C@H](C(=O)N2CCN(c3ccccc3)CC2)[C@H]1c1cccc(F)c1. The molecular formula is C22H24FN3O3. The molecule has 2 aromatic rings. The summed E-state index contributed by atoms with van der Waals surface area (Å²) >= 11 is 0. The van der Waals surface area contributed by atoms with Crippen LogP contribution in [-0.2, 0) is 14.3 Å². The summed E-state index contributed by atoms with van der Waals surface area (Å²) in [6.07, 6.45) is -0.845. The van der Waals surface area contributed by atoms with Crippen LogP contribution in [0.2, 0.25) is 0 Å². The number of nitrogens with zero attached hydrogens (tertiary/aromatic N) is 3. The molecule has 6 nitrogen and oxygen atoms in total. The van der Waals surface area contributed by atoms with Crippen LogP contribution < -0.4 is 4.90 Å². The number of likely N-dealkylation sites (N-methyl/N-ethyl adjacent to an activating group) is 1. The van der Waals surface area contributed by atoms with E-state index in [4.69, 9.17) is 4.74 Å². The van der Waals surface area contributed by atoms with Gasteiger partial charge in [-0.15, -0.1) is 0 Å². The molecule has 152 valence electrons. The van der Waals surface area contributed by atoms with E-state index in [0.717, 1.165) is 18.8 Å². The monoisotopic (exact) mass is 397 g/mol. The number of para-hydroxylation sites is 1. The third kappa shape index (κ3) is 3.96. The number of halogens is 1. The number of carbonyl (C=O) groups excluding carboxylic acids is 2. The summed E-state index contributed by atoms with van der Waals surface area (Å²) in [4.78, 5) is 31.0. The Morgan fingerprint density at radius 2 is 1.76 bits per heavy atom. The van der Waals surface area contributed by atoms with Gasteiger partial charge in [0.25, 0.3) is 5.91 Å². The van der Waals surface area contributed by atoms with Crippen LogP contribution in [0, 0.1) is 5.82 Å². The summed E-state index contributed by atoms with van der Waals surface area (Å²) < 4.78 is 19.5. The van der Waals surface area contributed by atoms with Gasteiger partial charge in [0.1, 0.15) is 12.4 Å². The molecule has 7 heteroatoms. The molecule has 0 bridgehead atoms. The van der Waals surface area contributed by atoms with E-state index in [2.05, 4.69) is 17.0 Å². The zero-order chi connectivity index (χ0) is 20.4. The average Bonchev–Trinajstić information content (AvgIpc) is 2.76. The van der Waals surface area contributed by atoms with Gasteiger partial charge in [0.05, 0.1) is 6.04 Å². The van der Waals surface area contributed by atoms with E-state index in [0.29, 0.717) is 18.7 Å². The molecule has 0 unspecified atom stereocenters. The minimum absolute atomic E-state index is 0.150. The first kappa shape index (κ1) is 19.4. The predicted molar refractivity (Wildman–Crippen MR) is 107 cm³/mol. The van der Waals surface area contributed by atoms with Crippen molar-refractivity contribution in [3.05, 3.63) is 66.0 Å². The molecular weight excluding hydrogens is 373 g/mol. The van der Waals surface area contributed by atoms with E-state index in [1.54, 1.807) is 24.1 Å². The number of ether oxygens (including phenoxy) is 1. The lowest BCUT2D eigenvalue weighted by Gasteiger charge is -2.42. The van der Waals surface area contributed by atoms with Gasteiger partial charge in [0.2, 0.25) is 5.91 Å². The van der Waals surface area contributed by atoms with Crippen LogP contribution in [0.3, 0.4) is 0 Å². The van der Waals surface area contributed by atoms with Crippen LogP contribution in [0.15, 0.2) is 54.6 Å². The maximum absolute atomic E-state index is 13.8. The number of anilines is 1. The number of hydrogen-bond donors (Lipinski definition) is 0. The van der Waals surface area contributed by atoms with Crippen molar-refractivity contribution in [2.24, 2.45) is 0 Å². The highest BCUT2D eigenvalue weighted by Gasteiger charge is 2.42. The Labute approximate surface area is 169 Å². The Morgan fingerprint density at radius 3 is 2.45 bits per heavy atom. The Hall–Kier alpha value is -2.93. The first-order chi connectivity index (χ1) is 14.0. The van der Waals surface area contributed by atoms with E-state index in [1.165, 1.54) is 17.0 Å². The van der Waals surface area contributed by atoms with Gasteiger partial charge >= 0.3 is 0 Å². The quantitative estimate of drug-likeness (QED) is 0.796. The summed E-state index contributed by atoms with van der Waals surface area (Å²) in [7, 11) is 1.63. The van der Waals surface area contributed by atoms with E-state index < -0.39 is 18.0 Å². The van der Waals surface area contributed by atoms with Crippen LogP contribution in [0.25, 0.3) is 0 Å². The number of piperazine rings is 1. The summed E-state index contributed by atoms with van der Waals surface area (Å²) in [5, 5.41) is 0. The van der Waals surface area contributed by atoms with Crippen molar-refractivity contribution in [3.63, 3.8) is 0 Å². The fraction of sp³-hybridized carbons (Fsp3) is 0.364. The highest BCUT2D eigenvalue weighted by molar-refractivity contribution is 5.86. The molecule has 2 aliphatic heterocycles. The number of morpholine rings is 1. The fourth-order valence-corrected chi connectivity index (χ4v) is 4.01. The van der Waals surface area contributed by atoms with E-state index in [1.807, 2.05) is 18.2 Å². The van der Waals surface area contributed by atoms with Crippen molar-refractivity contribution in [2.45, 2.75) is 12.1 Å². The van der Waals surface area contributed by atoms with Crippen LogP contribution in [0.5, 0.6) is 0 Å². The van der Waals surface area contributed by atoms with E-state index >= 15 is 0 Å². The summed E-state index contributed by atoms with van der Waals surface area (Å²) in [6, 6.07) is 15.5. The average molecular weight is 397 g/mol. The highest BCUT2D eigenvalue weighted by atomic mass is 19.1. The van der Waals surface area contributed by atoms with Gasteiger partial charge in [-0.05, 0) is 29.8 Å². The van der Waals surface area contributed by atoms with Gasteiger partial charge in [-0.25, -0.2) is 4.39 Å². The molecule has 2 aromatic carbocycles. The van der Waals surface area contributed by atoms with Crippen molar-refractivity contribution < 1.29 is 18.7 Å². The minimum Gasteiger partial charge on any atom is -0.368 e. The topological polar surface area (TPSA) is 53.1 Å². The van der Waals surface area contributed by atoms with E-state index in [9.17, 15) is 14.0 Å². The number of amides is 2. The van der Waals surface area contributed by atoms with Crippen LogP contribution in [0.4, 0.5) is 10.1 Å². The molecule has 0 spiro atoms. The van der Waals surface area contributed by atoms with Crippen molar-refractivity contribution in [1.29, 1.82) is 0 Å². The number of hydrogen-bond acceptors (Lipinski definition) is 4. The van der Waals surface area contributed by atoms with Gasteiger partial charge in [0, 0.05) is 38.9 Å².